The highest BCUT2D eigenvalue weighted by Gasteiger charge is 2.43. The maximum atomic E-state index is 13.7. The molecule has 7 nitrogen and oxygen atoms in total. The lowest BCUT2D eigenvalue weighted by atomic mass is 10.1. The molecule has 4 rings (SSSR count). The number of sulfonamides is 1. The molecule has 0 aromatic heterocycles. The van der Waals surface area contributed by atoms with Crippen molar-refractivity contribution in [1.82, 2.24) is 14.1 Å². The van der Waals surface area contributed by atoms with Gasteiger partial charge in [0.2, 0.25) is 15.9 Å². The minimum absolute atomic E-state index is 0.0436. The number of rotatable bonds is 4. The summed E-state index contributed by atoms with van der Waals surface area (Å²) in [5.74, 6) is 0.452. The van der Waals surface area contributed by atoms with Crippen molar-refractivity contribution in [1.29, 1.82) is 0 Å². The average Bonchev–Trinajstić information content (AvgIpc) is 2.99. The van der Waals surface area contributed by atoms with E-state index in [4.69, 9.17) is 4.74 Å². The number of hydrogen-bond donors (Lipinski definition) is 0. The molecule has 2 aliphatic heterocycles. The third-order valence-corrected chi connectivity index (χ3v) is 7.93. The van der Waals surface area contributed by atoms with Crippen molar-refractivity contribution in [3.05, 3.63) is 60.2 Å². The van der Waals surface area contributed by atoms with Crippen molar-refractivity contribution in [2.24, 2.45) is 0 Å². The number of amides is 1. The Morgan fingerprint density at radius 2 is 1.71 bits per heavy atom. The van der Waals surface area contributed by atoms with E-state index in [1.807, 2.05) is 30.3 Å². The van der Waals surface area contributed by atoms with Crippen LogP contribution in [0.1, 0.15) is 18.4 Å². The van der Waals surface area contributed by atoms with E-state index < -0.39 is 10.0 Å². The van der Waals surface area contributed by atoms with Gasteiger partial charge in [0.15, 0.2) is 0 Å². The first-order valence-electron chi connectivity index (χ1n) is 10.6. The highest BCUT2D eigenvalue weighted by atomic mass is 32.2. The average molecular weight is 444 g/mol. The van der Waals surface area contributed by atoms with E-state index in [0.717, 1.165) is 5.56 Å². The normalized spacial score (nSPS) is 23.5. The van der Waals surface area contributed by atoms with E-state index in [0.29, 0.717) is 44.8 Å². The lowest BCUT2D eigenvalue weighted by Gasteiger charge is -2.32. The minimum Gasteiger partial charge on any atom is -0.487 e. The number of nitrogens with zero attached hydrogens (tertiary/aromatic N) is 3. The van der Waals surface area contributed by atoms with Gasteiger partial charge in [0.1, 0.15) is 16.7 Å². The van der Waals surface area contributed by atoms with Crippen LogP contribution in [0.2, 0.25) is 0 Å². The Labute approximate surface area is 184 Å². The van der Waals surface area contributed by atoms with Crippen LogP contribution in [-0.2, 0) is 21.4 Å². The molecule has 8 heteroatoms. The molecule has 0 aliphatic carbocycles. The number of ether oxygens (including phenoxy) is 1. The summed E-state index contributed by atoms with van der Waals surface area (Å²) in [6.45, 7) is 1.94. The maximum Gasteiger partial charge on any atom is 0.247 e. The highest BCUT2D eigenvalue weighted by Crippen LogP contribution is 2.37. The summed E-state index contributed by atoms with van der Waals surface area (Å²) in [6, 6.07) is 16.2. The molecule has 2 atom stereocenters. The van der Waals surface area contributed by atoms with E-state index in [1.54, 1.807) is 47.6 Å². The zero-order valence-electron chi connectivity index (χ0n) is 18.0. The fourth-order valence-electron chi connectivity index (χ4n) is 4.27. The Morgan fingerprint density at radius 3 is 2.45 bits per heavy atom. The number of para-hydroxylation sites is 1. The van der Waals surface area contributed by atoms with Crippen molar-refractivity contribution in [3.8, 4) is 5.75 Å². The van der Waals surface area contributed by atoms with Crippen molar-refractivity contribution >= 4 is 15.9 Å². The molecule has 2 heterocycles. The second-order valence-electron chi connectivity index (χ2n) is 8.35. The number of carbonyl (C=O) groups is 1. The van der Waals surface area contributed by atoms with Crippen LogP contribution in [-0.4, -0.2) is 74.3 Å². The second-order valence-corrected chi connectivity index (χ2v) is 10.2. The zero-order valence-corrected chi connectivity index (χ0v) is 18.8. The molecule has 31 heavy (non-hydrogen) atoms. The van der Waals surface area contributed by atoms with Gasteiger partial charge in [0.05, 0.1) is 12.6 Å². The molecule has 0 unspecified atom stereocenters. The molecule has 2 aromatic carbocycles. The molecule has 2 aromatic rings. The fraction of sp³-hybridized carbons (Fsp3) is 0.435. The molecule has 0 N–H and O–H groups in total. The van der Waals surface area contributed by atoms with Crippen LogP contribution in [0.4, 0.5) is 0 Å². The SMILES string of the molecule is CN(C)C(=O)CN1CC[C@@H]2Oc3ccccc3S(=O)(=O)N(Cc3ccccc3)[C@H]2CC1. The van der Waals surface area contributed by atoms with Gasteiger partial charge < -0.3 is 9.64 Å². The summed E-state index contributed by atoms with van der Waals surface area (Å²) in [6.07, 6.45) is 0.980. The van der Waals surface area contributed by atoms with E-state index in [1.165, 1.54) is 0 Å². The van der Waals surface area contributed by atoms with Gasteiger partial charge in [0, 0.05) is 33.7 Å². The molecular formula is C23H29N3O4S. The topological polar surface area (TPSA) is 70.2 Å². The van der Waals surface area contributed by atoms with Crippen molar-refractivity contribution < 1.29 is 17.9 Å². The van der Waals surface area contributed by atoms with Gasteiger partial charge in [-0.3, -0.25) is 9.69 Å². The summed E-state index contributed by atoms with van der Waals surface area (Å²) >= 11 is 0. The van der Waals surface area contributed by atoms with Gasteiger partial charge in [-0.2, -0.15) is 4.31 Å². The summed E-state index contributed by atoms with van der Waals surface area (Å²) in [5, 5.41) is 0. The Hall–Kier alpha value is -2.42. The van der Waals surface area contributed by atoms with Gasteiger partial charge in [-0.25, -0.2) is 8.42 Å². The number of likely N-dealkylation sites (N-methyl/N-ethyl adjacent to an activating group) is 1. The molecule has 1 fully saturated rings. The van der Waals surface area contributed by atoms with Crippen LogP contribution in [0.25, 0.3) is 0 Å². The Bertz CT molecular complexity index is 1030. The lowest BCUT2D eigenvalue weighted by molar-refractivity contribution is -0.129. The molecule has 0 bridgehead atoms. The van der Waals surface area contributed by atoms with Gasteiger partial charge in [-0.15, -0.1) is 0 Å². The smallest absolute Gasteiger partial charge is 0.247 e. The molecule has 166 valence electrons. The summed E-state index contributed by atoms with van der Waals surface area (Å²) < 4.78 is 35.3. The molecule has 0 spiro atoms. The van der Waals surface area contributed by atoms with E-state index in [2.05, 4.69) is 4.90 Å². The summed E-state index contributed by atoms with van der Waals surface area (Å²) in [7, 11) is -0.247. The molecule has 0 saturated carbocycles. The van der Waals surface area contributed by atoms with Gasteiger partial charge in [-0.1, -0.05) is 42.5 Å². The van der Waals surface area contributed by atoms with Crippen LogP contribution in [0, 0.1) is 0 Å². The number of likely N-dealkylation sites (tertiary alicyclic amines) is 1. The van der Waals surface area contributed by atoms with Crippen LogP contribution in [0.3, 0.4) is 0 Å². The fourth-order valence-corrected chi connectivity index (χ4v) is 6.06. The molecule has 1 saturated heterocycles. The number of carbonyl (C=O) groups excluding carboxylic acids is 1. The Kier molecular flexibility index (Phi) is 6.31. The maximum absolute atomic E-state index is 13.7. The number of benzene rings is 2. The first-order valence-corrected chi connectivity index (χ1v) is 12.0. The van der Waals surface area contributed by atoms with E-state index in [-0.39, 0.29) is 22.9 Å². The third kappa shape index (κ3) is 4.61. The molecule has 1 amide bonds. The van der Waals surface area contributed by atoms with E-state index in [9.17, 15) is 13.2 Å². The molecule has 0 radical (unpaired) electrons. The van der Waals surface area contributed by atoms with Gasteiger partial charge >= 0.3 is 0 Å². The lowest BCUT2D eigenvalue weighted by Crippen LogP contribution is -2.46. The van der Waals surface area contributed by atoms with Crippen molar-refractivity contribution in [2.45, 2.75) is 36.4 Å². The van der Waals surface area contributed by atoms with Crippen LogP contribution in [0.5, 0.6) is 5.75 Å². The minimum atomic E-state index is -3.74. The molecular weight excluding hydrogens is 414 g/mol. The summed E-state index contributed by atoms with van der Waals surface area (Å²) in [4.78, 5) is 16.1. The summed E-state index contributed by atoms with van der Waals surface area (Å²) in [5.41, 5.74) is 0.938. The Morgan fingerprint density at radius 1 is 1.03 bits per heavy atom. The predicted molar refractivity (Wildman–Crippen MR) is 118 cm³/mol. The number of fused-ring (bicyclic) bond motifs is 2. The first-order chi connectivity index (χ1) is 14.9. The van der Waals surface area contributed by atoms with Crippen molar-refractivity contribution in [2.75, 3.05) is 33.7 Å². The van der Waals surface area contributed by atoms with Crippen LogP contribution < -0.4 is 4.74 Å². The van der Waals surface area contributed by atoms with Crippen LogP contribution in [0.15, 0.2) is 59.5 Å². The Balaban J connectivity index is 1.68. The van der Waals surface area contributed by atoms with Crippen molar-refractivity contribution in [3.63, 3.8) is 0 Å². The monoisotopic (exact) mass is 443 g/mol. The van der Waals surface area contributed by atoms with E-state index >= 15 is 0 Å². The van der Waals surface area contributed by atoms with Gasteiger partial charge in [-0.05, 0) is 30.5 Å². The first kappa shape index (κ1) is 21.8. The van der Waals surface area contributed by atoms with Crippen LogP contribution >= 0.6 is 0 Å². The quantitative estimate of drug-likeness (QED) is 0.725. The van der Waals surface area contributed by atoms with Gasteiger partial charge in [0.25, 0.3) is 0 Å². The molecule has 2 aliphatic rings. The predicted octanol–water partition coefficient (Wildman–Crippen LogP) is 2.19. The highest BCUT2D eigenvalue weighted by molar-refractivity contribution is 7.89. The zero-order chi connectivity index (χ0) is 22.0. The standard InChI is InChI=1S/C23H29N3O4S/c1-24(2)23(27)17-25-14-12-19-20(13-15-25)30-21-10-6-7-11-22(21)31(28,29)26(19)16-18-8-4-3-5-9-18/h3-11,19-20H,12-17H2,1-2H3/t19-,20-/m0/s1. The number of hydrogen-bond acceptors (Lipinski definition) is 5. The second kappa shape index (κ2) is 8.98. The largest absolute Gasteiger partial charge is 0.487 e. The third-order valence-electron chi connectivity index (χ3n) is 6.02.